The van der Waals surface area contributed by atoms with Crippen LogP contribution in [0.3, 0.4) is 0 Å². The van der Waals surface area contributed by atoms with Gasteiger partial charge < -0.3 is 5.32 Å². The van der Waals surface area contributed by atoms with E-state index in [-0.39, 0.29) is 23.9 Å². The van der Waals surface area contributed by atoms with Crippen LogP contribution in [0.1, 0.15) is 37.7 Å². The first-order chi connectivity index (χ1) is 13.6. The molecule has 0 aliphatic heterocycles. The summed E-state index contributed by atoms with van der Waals surface area (Å²) in [4.78, 5) is 12.3. The zero-order chi connectivity index (χ0) is 21.2. The van der Waals surface area contributed by atoms with Crippen LogP contribution >= 0.6 is 11.6 Å². The summed E-state index contributed by atoms with van der Waals surface area (Å²) in [5.74, 6) is -1.60. The molecule has 1 N–H and O–H groups in total. The van der Waals surface area contributed by atoms with Gasteiger partial charge in [0, 0.05) is 16.0 Å². The SMILES string of the molecule is CC(C)(C)c1cc(CNC(=O)Cc2cc(F)ccc2F)n(-c2cccc(Cl)c2)n1. The van der Waals surface area contributed by atoms with Crippen molar-refractivity contribution in [1.82, 2.24) is 15.1 Å². The fourth-order valence-corrected chi connectivity index (χ4v) is 3.03. The van der Waals surface area contributed by atoms with Gasteiger partial charge in [-0.05, 0) is 42.5 Å². The van der Waals surface area contributed by atoms with Crippen LogP contribution in [0.4, 0.5) is 8.78 Å². The molecule has 0 aliphatic carbocycles. The topological polar surface area (TPSA) is 46.9 Å². The van der Waals surface area contributed by atoms with E-state index in [0.717, 1.165) is 35.3 Å². The maximum Gasteiger partial charge on any atom is 0.224 e. The van der Waals surface area contributed by atoms with Crippen LogP contribution in [0.15, 0.2) is 48.5 Å². The van der Waals surface area contributed by atoms with E-state index < -0.39 is 17.5 Å². The molecule has 1 aromatic heterocycles. The van der Waals surface area contributed by atoms with Gasteiger partial charge in [0.25, 0.3) is 0 Å². The number of halogens is 3. The molecule has 0 bridgehead atoms. The Hall–Kier alpha value is -2.73. The number of nitrogens with one attached hydrogen (secondary N) is 1. The maximum atomic E-state index is 13.8. The molecule has 1 heterocycles. The lowest BCUT2D eigenvalue weighted by molar-refractivity contribution is -0.120. The molecule has 0 aliphatic rings. The van der Waals surface area contributed by atoms with Crippen LogP contribution in [0.5, 0.6) is 0 Å². The zero-order valence-corrected chi connectivity index (χ0v) is 17.2. The summed E-state index contributed by atoms with van der Waals surface area (Å²) in [5.41, 5.74) is 2.21. The monoisotopic (exact) mass is 417 g/mol. The van der Waals surface area contributed by atoms with Gasteiger partial charge in [0.05, 0.1) is 30.0 Å². The van der Waals surface area contributed by atoms with Gasteiger partial charge in [-0.1, -0.05) is 38.4 Å². The molecule has 3 aromatic rings. The Bertz CT molecular complexity index is 1040. The second-order valence-corrected chi connectivity index (χ2v) is 8.29. The number of carbonyl (C=O) groups excluding carboxylic acids is 1. The summed E-state index contributed by atoms with van der Waals surface area (Å²) < 4.78 is 28.8. The highest BCUT2D eigenvalue weighted by molar-refractivity contribution is 6.30. The van der Waals surface area contributed by atoms with Crippen molar-refractivity contribution in [2.45, 2.75) is 39.2 Å². The molecule has 0 unspecified atom stereocenters. The molecule has 0 spiro atoms. The Morgan fingerprint density at radius 1 is 1.14 bits per heavy atom. The number of aromatic nitrogens is 2. The number of hydrogen-bond donors (Lipinski definition) is 1. The molecule has 7 heteroatoms. The lowest BCUT2D eigenvalue weighted by atomic mass is 9.92. The zero-order valence-electron chi connectivity index (χ0n) is 16.5. The predicted octanol–water partition coefficient (Wildman–Crippen LogP) is 4.96. The van der Waals surface area contributed by atoms with E-state index in [1.165, 1.54) is 0 Å². The van der Waals surface area contributed by atoms with Gasteiger partial charge in [0.2, 0.25) is 5.91 Å². The van der Waals surface area contributed by atoms with Gasteiger partial charge in [0.15, 0.2) is 0 Å². The summed E-state index contributed by atoms with van der Waals surface area (Å²) in [6, 6.07) is 12.2. The van der Waals surface area contributed by atoms with Gasteiger partial charge in [-0.15, -0.1) is 0 Å². The molecule has 0 atom stereocenters. The number of nitrogens with zero attached hydrogens (tertiary/aromatic N) is 2. The second kappa shape index (κ2) is 8.33. The maximum absolute atomic E-state index is 13.8. The van der Waals surface area contributed by atoms with Crippen LogP contribution in [-0.2, 0) is 23.2 Å². The van der Waals surface area contributed by atoms with Crippen molar-refractivity contribution in [3.63, 3.8) is 0 Å². The van der Waals surface area contributed by atoms with Crippen molar-refractivity contribution in [3.05, 3.63) is 82.1 Å². The highest BCUT2D eigenvalue weighted by Crippen LogP contribution is 2.24. The van der Waals surface area contributed by atoms with Crippen molar-refractivity contribution in [3.8, 4) is 5.69 Å². The summed E-state index contributed by atoms with van der Waals surface area (Å²) in [6.45, 7) is 6.33. The van der Waals surface area contributed by atoms with Crippen LogP contribution in [-0.4, -0.2) is 15.7 Å². The van der Waals surface area contributed by atoms with E-state index in [1.807, 2.05) is 39.0 Å². The number of benzene rings is 2. The molecule has 0 saturated carbocycles. The first-order valence-electron chi connectivity index (χ1n) is 9.19. The molecule has 0 fully saturated rings. The molecule has 0 radical (unpaired) electrons. The van der Waals surface area contributed by atoms with Gasteiger partial charge >= 0.3 is 0 Å². The molecule has 152 valence electrons. The first-order valence-corrected chi connectivity index (χ1v) is 9.57. The van der Waals surface area contributed by atoms with Crippen molar-refractivity contribution < 1.29 is 13.6 Å². The summed E-state index contributed by atoms with van der Waals surface area (Å²) in [6.07, 6.45) is -0.249. The Morgan fingerprint density at radius 3 is 2.59 bits per heavy atom. The van der Waals surface area contributed by atoms with E-state index in [4.69, 9.17) is 11.6 Å². The smallest absolute Gasteiger partial charge is 0.224 e. The minimum absolute atomic E-state index is 0.0150. The summed E-state index contributed by atoms with van der Waals surface area (Å²) in [5, 5.41) is 8.02. The lowest BCUT2D eigenvalue weighted by Gasteiger charge is -2.14. The quantitative estimate of drug-likeness (QED) is 0.637. The van der Waals surface area contributed by atoms with Crippen molar-refractivity contribution in [2.24, 2.45) is 0 Å². The molecule has 2 aromatic carbocycles. The number of amides is 1. The second-order valence-electron chi connectivity index (χ2n) is 7.85. The fraction of sp³-hybridized carbons (Fsp3) is 0.273. The Labute approximate surface area is 173 Å². The minimum atomic E-state index is -0.611. The Balaban J connectivity index is 1.81. The standard InChI is InChI=1S/C22H22ClF2N3O/c1-22(2,3)20-12-18(28(27-20)17-6-4-5-15(23)11-17)13-26-21(29)10-14-9-16(24)7-8-19(14)25/h4-9,11-12H,10,13H2,1-3H3,(H,26,29). The summed E-state index contributed by atoms with van der Waals surface area (Å²) in [7, 11) is 0. The minimum Gasteiger partial charge on any atom is -0.350 e. The molecule has 4 nitrogen and oxygen atoms in total. The Morgan fingerprint density at radius 2 is 1.90 bits per heavy atom. The van der Waals surface area contributed by atoms with Gasteiger partial charge in [-0.25, -0.2) is 13.5 Å². The number of carbonyl (C=O) groups is 1. The highest BCUT2D eigenvalue weighted by Gasteiger charge is 2.21. The van der Waals surface area contributed by atoms with Crippen molar-refractivity contribution >= 4 is 17.5 Å². The molecule has 3 rings (SSSR count). The molecule has 0 saturated heterocycles. The fourth-order valence-electron chi connectivity index (χ4n) is 2.85. The third-order valence-corrected chi connectivity index (χ3v) is 4.66. The van der Waals surface area contributed by atoms with E-state index in [0.29, 0.717) is 5.02 Å². The average molecular weight is 418 g/mol. The average Bonchev–Trinajstić information content (AvgIpc) is 3.08. The Kier molecular flexibility index (Phi) is 6.03. The van der Waals surface area contributed by atoms with E-state index in [2.05, 4.69) is 10.4 Å². The summed E-state index contributed by atoms with van der Waals surface area (Å²) >= 11 is 6.11. The van der Waals surface area contributed by atoms with Gasteiger partial charge in [-0.2, -0.15) is 5.10 Å². The largest absolute Gasteiger partial charge is 0.350 e. The number of hydrogen-bond acceptors (Lipinski definition) is 2. The highest BCUT2D eigenvalue weighted by atomic mass is 35.5. The molecular weight excluding hydrogens is 396 g/mol. The van der Waals surface area contributed by atoms with Crippen LogP contribution < -0.4 is 5.32 Å². The van der Waals surface area contributed by atoms with Crippen LogP contribution in [0, 0.1) is 11.6 Å². The normalized spacial score (nSPS) is 11.5. The van der Waals surface area contributed by atoms with Crippen molar-refractivity contribution in [2.75, 3.05) is 0 Å². The van der Waals surface area contributed by atoms with E-state index in [1.54, 1.807) is 16.8 Å². The van der Waals surface area contributed by atoms with Crippen molar-refractivity contribution in [1.29, 1.82) is 0 Å². The third kappa shape index (κ3) is 5.21. The van der Waals surface area contributed by atoms with E-state index >= 15 is 0 Å². The third-order valence-electron chi connectivity index (χ3n) is 4.43. The molecule has 29 heavy (non-hydrogen) atoms. The predicted molar refractivity (Wildman–Crippen MR) is 109 cm³/mol. The molecule has 1 amide bonds. The van der Waals surface area contributed by atoms with Gasteiger partial charge in [-0.3, -0.25) is 4.79 Å². The van der Waals surface area contributed by atoms with E-state index in [9.17, 15) is 13.6 Å². The first kappa shape index (κ1) is 21.0. The number of rotatable bonds is 5. The van der Waals surface area contributed by atoms with Crippen LogP contribution in [0.25, 0.3) is 5.69 Å². The lowest BCUT2D eigenvalue weighted by Crippen LogP contribution is -2.26. The van der Waals surface area contributed by atoms with Gasteiger partial charge in [0.1, 0.15) is 11.6 Å². The molecular formula is C22H22ClF2N3O. The van der Waals surface area contributed by atoms with Crippen LogP contribution in [0.2, 0.25) is 5.02 Å².